The van der Waals surface area contributed by atoms with E-state index < -0.39 is 22.3 Å². The number of nitro groups is 1. The molecule has 0 fully saturated rings. The van der Waals surface area contributed by atoms with Crippen molar-refractivity contribution in [2.45, 2.75) is 19.9 Å². The molecule has 0 saturated heterocycles. The molecule has 0 unspecified atom stereocenters. The van der Waals surface area contributed by atoms with Crippen LogP contribution in [0.2, 0.25) is 0 Å². The summed E-state index contributed by atoms with van der Waals surface area (Å²) in [4.78, 5) is 21.6. The van der Waals surface area contributed by atoms with E-state index in [1.54, 1.807) is 10.9 Å². The number of benzene rings is 1. The van der Waals surface area contributed by atoms with E-state index in [-0.39, 0.29) is 11.6 Å². The van der Waals surface area contributed by atoms with Gasteiger partial charge in [0.25, 0.3) is 5.91 Å². The first-order chi connectivity index (χ1) is 9.88. The molecule has 1 heterocycles. The Hall–Kier alpha value is -2.77. The van der Waals surface area contributed by atoms with Gasteiger partial charge in [-0.15, -0.1) is 0 Å². The third-order valence-electron chi connectivity index (χ3n) is 2.80. The van der Waals surface area contributed by atoms with Crippen molar-refractivity contribution in [2.24, 2.45) is 0 Å². The highest BCUT2D eigenvalue weighted by Gasteiger charge is 2.17. The minimum Gasteiger partial charge on any atom is -0.319 e. The van der Waals surface area contributed by atoms with Gasteiger partial charge in [-0.3, -0.25) is 19.6 Å². The molecule has 0 aliphatic heterocycles. The van der Waals surface area contributed by atoms with Gasteiger partial charge >= 0.3 is 5.69 Å². The fraction of sp³-hybridized carbons (Fsp3) is 0.231. The number of carbonyl (C=O) groups is 1. The summed E-state index contributed by atoms with van der Waals surface area (Å²) in [7, 11) is 0. The summed E-state index contributed by atoms with van der Waals surface area (Å²) >= 11 is 0. The van der Waals surface area contributed by atoms with Crippen LogP contribution >= 0.6 is 0 Å². The highest BCUT2D eigenvalue weighted by atomic mass is 19.1. The molecule has 1 amide bonds. The van der Waals surface area contributed by atoms with E-state index in [4.69, 9.17) is 0 Å². The second kappa shape index (κ2) is 5.70. The molecular formula is C13H13FN4O3. The van der Waals surface area contributed by atoms with Crippen LogP contribution in [0.15, 0.2) is 30.6 Å². The molecule has 2 rings (SSSR count). The fourth-order valence-electron chi connectivity index (χ4n) is 1.68. The second-order valence-corrected chi connectivity index (χ2v) is 4.68. The van der Waals surface area contributed by atoms with Gasteiger partial charge in [-0.1, -0.05) is 0 Å². The van der Waals surface area contributed by atoms with Crippen LogP contribution in [0, 0.1) is 15.9 Å². The number of carbonyl (C=O) groups excluding carboxylic acids is 1. The first-order valence-corrected chi connectivity index (χ1v) is 6.18. The second-order valence-electron chi connectivity index (χ2n) is 4.68. The summed E-state index contributed by atoms with van der Waals surface area (Å²) in [6.07, 6.45) is 3.12. The number of nitrogens with one attached hydrogen (secondary N) is 1. The molecular weight excluding hydrogens is 279 g/mol. The van der Waals surface area contributed by atoms with Gasteiger partial charge in [0.1, 0.15) is 0 Å². The van der Waals surface area contributed by atoms with Gasteiger partial charge in [0, 0.05) is 23.9 Å². The molecule has 1 N–H and O–H groups in total. The number of halogens is 1. The predicted octanol–water partition coefficient (Wildman–Crippen LogP) is 2.76. The van der Waals surface area contributed by atoms with Crippen LogP contribution in [0.4, 0.5) is 15.8 Å². The zero-order valence-corrected chi connectivity index (χ0v) is 11.4. The number of aromatic nitrogens is 2. The maximum atomic E-state index is 13.5. The Labute approximate surface area is 119 Å². The third-order valence-corrected chi connectivity index (χ3v) is 2.80. The van der Waals surface area contributed by atoms with Crippen molar-refractivity contribution in [3.8, 4) is 0 Å². The van der Waals surface area contributed by atoms with Gasteiger partial charge in [0.05, 0.1) is 16.8 Å². The maximum Gasteiger partial charge on any atom is 0.304 e. The van der Waals surface area contributed by atoms with E-state index in [0.717, 1.165) is 12.1 Å². The van der Waals surface area contributed by atoms with Gasteiger partial charge in [0.15, 0.2) is 0 Å². The Bertz CT molecular complexity index is 696. The predicted molar refractivity (Wildman–Crippen MR) is 73.6 cm³/mol. The molecule has 1 aromatic heterocycles. The Morgan fingerprint density at radius 1 is 1.48 bits per heavy atom. The van der Waals surface area contributed by atoms with Crippen molar-refractivity contribution in [2.75, 3.05) is 5.32 Å². The largest absolute Gasteiger partial charge is 0.319 e. The van der Waals surface area contributed by atoms with Crippen molar-refractivity contribution in [1.29, 1.82) is 0 Å². The number of amides is 1. The molecule has 0 radical (unpaired) electrons. The molecule has 110 valence electrons. The Balaban J connectivity index is 2.16. The lowest BCUT2D eigenvalue weighted by molar-refractivity contribution is -0.387. The van der Waals surface area contributed by atoms with Crippen molar-refractivity contribution >= 4 is 17.3 Å². The summed E-state index contributed by atoms with van der Waals surface area (Å²) in [6, 6.07) is 3.14. The van der Waals surface area contributed by atoms with Crippen molar-refractivity contribution in [1.82, 2.24) is 9.78 Å². The van der Waals surface area contributed by atoms with Crippen LogP contribution in [0.25, 0.3) is 0 Å². The summed E-state index contributed by atoms with van der Waals surface area (Å²) in [5.74, 6) is -1.61. The van der Waals surface area contributed by atoms with E-state index in [2.05, 4.69) is 10.4 Å². The first-order valence-electron chi connectivity index (χ1n) is 6.18. The molecule has 2 aromatic rings. The van der Waals surface area contributed by atoms with Gasteiger partial charge in [-0.05, 0) is 26.0 Å². The van der Waals surface area contributed by atoms with Crippen molar-refractivity contribution < 1.29 is 14.1 Å². The molecule has 8 heteroatoms. The SMILES string of the molecule is CC(C)n1cc(NC(=O)c2ccc([N+](=O)[O-])c(F)c2)cn1. The number of rotatable bonds is 4. The number of hydrogen-bond acceptors (Lipinski definition) is 4. The van der Waals surface area contributed by atoms with E-state index in [1.807, 2.05) is 13.8 Å². The average molecular weight is 292 g/mol. The van der Waals surface area contributed by atoms with Crippen LogP contribution in [0.5, 0.6) is 0 Å². The molecule has 0 aliphatic carbocycles. The zero-order valence-electron chi connectivity index (χ0n) is 11.4. The Morgan fingerprint density at radius 2 is 2.19 bits per heavy atom. The van der Waals surface area contributed by atoms with Crippen molar-refractivity contribution in [3.63, 3.8) is 0 Å². The van der Waals surface area contributed by atoms with Crippen LogP contribution in [0.1, 0.15) is 30.2 Å². The Kier molecular flexibility index (Phi) is 3.97. The van der Waals surface area contributed by atoms with Crippen molar-refractivity contribution in [3.05, 3.63) is 52.1 Å². The van der Waals surface area contributed by atoms with Gasteiger partial charge in [0.2, 0.25) is 5.82 Å². The lowest BCUT2D eigenvalue weighted by Crippen LogP contribution is -2.12. The summed E-state index contributed by atoms with van der Waals surface area (Å²) in [5.41, 5.74) is -0.206. The first kappa shape index (κ1) is 14.6. The van der Waals surface area contributed by atoms with Crippen LogP contribution < -0.4 is 5.32 Å². The molecule has 0 spiro atoms. The molecule has 0 atom stereocenters. The molecule has 0 saturated carbocycles. The molecule has 0 aliphatic rings. The molecule has 7 nitrogen and oxygen atoms in total. The van der Waals surface area contributed by atoms with Crippen LogP contribution in [-0.2, 0) is 0 Å². The lowest BCUT2D eigenvalue weighted by atomic mass is 10.2. The lowest BCUT2D eigenvalue weighted by Gasteiger charge is -2.04. The van der Waals surface area contributed by atoms with E-state index in [1.165, 1.54) is 12.3 Å². The van der Waals surface area contributed by atoms with E-state index >= 15 is 0 Å². The maximum absolute atomic E-state index is 13.5. The monoisotopic (exact) mass is 292 g/mol. The van der Waals surface area contributed by atoms with Crippen LogP contribution in [-0.4, -0.2) is 20.6 Å². The number of anilines is 1. The standard InChI is InChI=1S/C13H13FN4O3/c1-8(2)17-7-10(6-15-17)16-13(19)9-3-4-12(18(20)21)11(14)5-9/h3-8H,1-2H3,(H,16,19). The van der Waals surface area contributed by atoms with E-state index in [0.29, 0.717) is 5.69 Å². The van der Waals surface area contributed by atoms with Gasteiger partial charge in [-0.25, -0.2) is 0 Å². The molecule has 1 aromatic carbocycles. The Morgan fingerprint density at radius 3 is 2.71 bits per heavy atom. The minimum absolute atomic E-state index is 0.00426. The minimum atomic E-state index is -1.05. The zero-order chi connectivity index (χ0) is 15.6. The van der Waals surface area contributed by atoms with E-state index in [9.17, 15) is 19.3 Å². The molecule has 21 heavy (non-hydrogen) atoms. The third kappa shape index (κ3) is 3.22. The smallest absolute Gasteiger partial charge is 0.304 e. The normalized spacial score (nSPS) is 10.7. The number of hydrogen-bond donors (Lipinski definition) is 1. The van der Waals surface area contributed by atoms with Gasteiger partial charge < -0.3 is 5.32 Å². The average Bonchev–Trinajstić information content (AvgIpc) is 2.86. The summed E-state index contributed by atoms with van der Waals surface area (Å²) in [6.45, 7) is 3.87. The molecule has 0 bridgehead atoms. The summed E-state index contributed by atoms with van der Waals surface area (Å²) in [5, 5.41) is 17.1. The van der Waals surface area contributed by atoms with Crippen LogP contribution in [0.3, 0.4) is 0 Å². The highest BCUT2D eigenvalue weighted by molar-refractivity contribution is 6.04. The highest BCUT2D eigenvalue weighted by Crippen LogP contribution is 2.19. The number of nitrogens with zero attached hydrogens (tertiary/aromatic N) is 3. The number of nitro benzene ring substituents is 1. The fourth-order valence-corrected chi connectivity index (χ4v) is 1.68. The topological polar surface area (TPSA) is 90.1 Å². The summed E-state index contributed by atoms with van der Waals surface area (Å²) < 4.78 is 15.1. The van der Waals surface area contributed by atoms with Gasteiger partial charge in [-0.2, -0.15) is 9.49 Å². The quantitative estimate of drug-likeness (QED) is 0.693.